The second kappa shape index (κ2) is 4.19. The minimum atomic E-state index is -0.924. The smallest absolute Gasteiger partial charge is 0.336 e. The fraction of sp³-hybridized carbons (Fsp3) is 0.0714. The summed E-state index contributed by atoms with van der Waals surface area (Å²) in [5.74, 6) is -0.924. The molecule has 16 heavy (non-hydrogen) atoms. The maximum Gasteiger partial charge on any atom is 0.336 e. The van der Waals surface area contributed by atoms with E-state index in [1.54, 1.807) is 18.2 Å². The van der Waals surface area contributed by atoms with Crippen molar-refractivity contribution in [3.8, 4) is 11.1 Å². The molecule has 0 saturated heterocycles. The van der Waals surface area contributed by atoms with Crippen LogP contribution >= 0.6 is 0 Å². The molecule has 0 aliphatic rings. The summed E-state index contributed by atoms with van der Waals surface area (Å²) in [6.45, 7) is 2.00. The molecule has 0 amide bonds. The molecule has 79 valence electrons. The maximum atomic E-state index is 11.0. The molecule has 1 radical (unpaired) electrons. The summed E-state index contributed by atoms with van der Waals surface area (Å²) in [5, 5.41) is 9.06. The first-order chi connectivity index (χ1) is 7.68. The zero-order valence-electron chi connectivity index (χ0n) is 8.90. The molecule has 0 heterocycles. The fourth-order valence-corrected chi connectivity index (χ4v) is 1.57. The van der Waals surface area contributed by atoms with Gasteiger partial charge in [0.05, 0.1) is 5.56 Å². The van der Waals surface area contributed by atoms with E-state index in [9.17, 15) is 4.79 Å². The van der Waals surface area contributed by atoms with Gasteiger partial charge in [-0.15, -0.1) is 0 Å². The maximum absolute atomic E-state index is 11.0. The van der Waals surface area contributed by atoms with Crippen molar-refractivity contribution >= 4 is 5.97 Å². The zero-order chi connectivity index (χ0) is 11.5. The normalized spacial score (nSPS) is 10.1. The molecule has 0 saturated carbocycles. The lowest BCUT2D eigenvalue weighted by Gasteiger charge is -2.05. The first-order valence-electron chi connectivity index (χ1n) is 4.99. The number of hydrogen-bond donors (Lipinski definition) is 1. The molecule has 2 nitrogen and oxygen atoms in total. The van der Waals surface area contributed by atoms with Gasteiger partial charge in [0.25, 0.3) is 0 Å². The molecule has 0 aliphatic carbocycles. The molecule has 1 N–H and O–H groups in total. The van der Waals surface area contributed by atoms with Crippen LogP contribution in [0.2, 0.25) is 0 Å². The van der Waals surface area contributed by atoms with Crippen molar-refractivity contribution < 1.29 is 9.90 Å². The van der Waals surface area contributed by atoms with Crippen molar-refractivity contribution in [2.75, 3.05) is 0 Å². The molecule has 0 spiro atoms. The van der Waals surface area contributed by atoms with Gasteiger partial charge in [-0.1, -0.05) is 42.0 Å². The molecular formula is C14H11O2. The van der Waals surface area contributed by atoms with Crippen LogP contribution in [0.1, 0.15) is 15.9 Å². The minimum absolute atomic E-state index is 0.284. The highest BCUT2D eigenvalue weighted by Gasteiger charge is 2.10. The van der Waals surface area contributed by atoms with Gasteiger partial charge in [0.1, 0.15) is 0 Å². The minimum Gasteiger partial charge on any atom is -0.478 e. The molecule has 2 heteroatoms. The van der Waals surface area contributed by atoms with E-state index in [0.29, 0.717) is 5.56 Å². The lowest BCUT2D eigenvalue weighted by molar-refractivity contribution is 0.0697. The average molecular weight is 211 g/mol. The third-order valence-corrected chi connectivity index (χ3v) is 2.43. The molecule has 0 atom stereocenters. The molecule has 2 aromatic carbocycles. The van der Waals surface area contributed by atoms with E-state index >= 15 is 0 Å². The van der Waals surface area contributed by atoms with Gasteiger partial charge in [0.15, 0.2) is 0 Å². The fourth-order valence-electron chi connectivity index (χ4n) is 1.57. The van der Waals surface area contributed by atoms with Gasteiger partial charge in [-0.2, -0.15) is 0 Å². The van der Waals surface area contributed by atoms with E-state index in [4.69, 9.17) is 5.11 Å². The molecule has 0 aliphatic heterocycles. The number of aromatic carboxylic acids is 1. The van der Waals surface area contributed by atoms with Crippen LogP contribution in [-0.2, 0) is 0 Å². The largest absolute Gasteiger partial charge is 0.478 e. The van der Waals surface area contributed by atoms with Crippen LogP contribution in [0.15, 0.2) is 42.5 Å². The number of rotatable bonds is 2. The van der Waals surface area contributed by atoms with E-state index in [2.05, 4.69) is 6.07 Å². The number of carboxylic acid groups (broad SMARTS) is 1. The molecule has 0 bridgehead atoms. The quantitative estimate of drug-likeness (QED) is 0.828. The van der Waals surface area contributed by atoms with Crippen LogP contribution in [0, 0.1) is 13.0 Å². The van der Waals surface area contributed by atoms with Crippen molar-refractivity contribution in [1.29, 1.82) is 0 Å². The Labute approximate surface area is 94.2 Å². The van der Waals surface area contributed by atoms with Gasteiger partial charge < -0.3 is 5.11 Å². The Hall–Kier alpha value is -2.09. The second-order valence-corrected chi connectivity index (χ2v) is 3.63. The Balaban J connectivity index is 2.55. The summed E-state index contributed by atoms with van der Waals surface area (Å²) in [4.78, 5) is 11.0. The van der Waals surface area contributed by atoms with Crippen LogP contribution in [-0.4, -0.2) is 11.1 Å². The van der Waals surface area contributed by atoms with Crippen LogP contribution in [0.25, 0.3) is 11.1 Å². The molecule has 0 unspecified atom stereocenters. The van der Waals surface area contributed by atoms with Crippen LogP contribution in [0.4, 0.5) is 0 Å². The predicted octanol–water partition coefficient (Wildman–Crippen LogP) is 3.16. The number of carboxylic acids is 1. The third-order valence-electron chi connectivity index (χ3n) is 2.43. The molecule has 2 rings (SSSR count). The Bertz CT molecular complexity index is 513. The van der Waals surface area contributed by atoms with Crippen LogP contribution in [0.3, 0.4) is 0 Å². The first kappa shape index (κ1) is 10.4. The van der Waals surface area contributed by atoms with E-state index in [0.717, 1.165) is 11.1 Å². The zero-order valence-corrected chi connectivity index (χ0v) is 8.90. The summed E-state index contributed by atoms with van der Waals surface area (Å²) in [7, 11) is 0. The Morgan fingerprint density at radius 1 is 1.19 bits per heavy atom. The van der Waals surface area contributed by atoms with Gasteiger partial charge in [-0.25, -0.2) is 4.79 Å². The van der Waals surface area contributed by atoms with Gasteiger partial charge >= 0.3 is 5.97 Å². The van der Waals surface area contributed by atoms with E-state index in [1.807, 2.05) is 31.2 Å². The Kier molecular flexibility index (Phi) is 2.73. The highest BCUT2D eigenvalue weighted by molar-refractivity contribution is 5.95. The topological polar surface area (TPSA) is 37.3 Å². The summed E-state index contributed by atoms with van der Waals surface area (Å²) in [5.41, 5.74) is 2.95. The number of carbonyl (C=O) groups is 1. The van der Waals surface area contributed by atoms with Crippen LogP contribution < -0.4 is 0 Å². The average Bonchev–Trinajstić information content (AvgIpc) is 2.30. The van der Waals surface area contributed by atoms with Crippen molar-refractivity contribution in [1.82, 2.24) is 0 Å². The third kappa shape index (κ3) is 1.96. The lowest BCUT2D eigenvalue weighted by atomic mass is 9.99. The van der Waals surface area contributed by atoms with E-state index in [1.165, 1.54) is 0 Å². The molecule has 0 aromatic heterocycles. The standard InChI is InChI=1S/C14H11O2/c1-10-6-8-11(9-7-10)12-4-2-3-5-13(12)14(15)16/h2-3,5-9H,1H3,(H,15,16). The van der Waals surface area contributed by atoms with Crippen molar-refractivity contribution in [2.45, 2.75) is 6.92 Å². The number of aryl methyl sites for hydroxylation is 1. The summed E-state index contributed by atoms with van der Waals surface area (Å²) >= 11 is 0. The van der Waals surface area contributed by atoms with Gasteiger partial charge in [-0.3, -0.25) is 0 Å². The number of benzene rings is 2. The Morgan fingerprint density at radius 3 is 2.50 bits per heavy atom. The predicted molar refractivity (Wildman–Crippen MR) is 62.4 cm³/mol. The van der Waals surface area contributed by atoms with Crippen molar-refractivity contribution in [2.24, 2.45) is 0 Å². The van der Waals surface area contributed by atoms with E-state index < -0.39 is 5.97 Å². The van der Waals surface area contributed by atoms with Gasteiger partial charge in [0, 0.05) is 5.56 Å². The highest BCUT2D eigenvalue weighted by Crippen LogP contribution is 2.23. The SMILES string of the molecule is Cc1ccc(-c2[c]cccc2C(=O)O)cc1. The van der Waals surface area contributed by atoms with Crippen molar-refractivity contribution in [3.05, 3.63) is 59.7 Å². The lowest BCUT2D eigenvalue weighted by Crippen LogP contribution is -1.99. The molecule has 0 fully saturated rings. The van der Waals surface area contributed by atoms with Crippen molar-refractivity contribution in [3.63, 3.8) is 0 Å². The summed E-state index contributed by atoms with van der Waals surface area (Å²) in [6.07, 6.45) is 0. The highest BCUT2D eigenvalue weighted by atomic mass is 16.4. The second-order valence-electron chi connectivity index (χ2n) is 3.63. The monoisotopic (exact) mass is 211 g/mol. The van der Waals surface area contributed by atoms with E-state index in [-0.39, 0.29) is 5.56 Å². The van der Waals surface area contributed by atoms with Gasteiger partial charge in [0.2, 0.25) is 0 Å². The molecular weight excluding hydrogens is 200 g/mol. The number of hydrogen-bond acceptors (Lipinski definition) is 1. The first-order valence-corrected chi connectivity index (χ1v) is 4.99. The van der Waals surface area contributed by atoms with Gasteiger partial charge in [-0.05, 0) is 24.6 Å². The molecule has 2 aromatic rings. The summed E-state index contributed by atoms with van der Waals surface area (Å²) in [6, 6.07) is 15.7. The Morgan fingerprint density at radius 2 is 1.88 bits per heavy atom. The van der Waals surface area contributed by atoms with Crippen LogP contribution in [0.5, 0.6) is 0 Å². The summed E-state index contributed by atoms with van der Waals surface area (Å²) < 4.78 is 0.